The van der Waals surface area contributed by atoms with Crippen molar-refractivity contribution in [2.75, 3.05) is 13.6 Å². The van der Waals surface area contributed by atoms with E-state index in [-0.39, 0.29) is 17.6 Å². The van der Waals surface area contributed by atoms with Gasteiger partial charge in [0.15, 0.2) is 0 Å². The number of halogens is 1. The van der Waals surface area contributed by atoms with E-state index in [2.05, 4.69) is 18.9 Å². The van der Waals surface area contributed by atoms with E-state index in [4.69, 9.17) is 0 Å². The smallest absolute Gasteiger partial charge is 0.126 e. The van der Waals surface area contributed by atoms with Gasteiger partial charge in [-0.3, -0.25) is 4.90 Å². The van der Waals surface area contributed by atoms with Gasteiger partial charge in [0.05, 0.1) is 0 Å². The van der Waals surface area contributed by atoms with Crippen LogP contribution in [0.3, 0.4) is 0 Å². The Bertz CT molecular complexity index is 415. The Morgan fingerprint density at radius 3 is 2.63 bits per heavy atom. The summed E-state index contributed by atoms with van der Waals surface area (Å²) in [5.41, 5.74) is 0.805. The van der Waals surface area contributed by atoms with Crippen molar-refractivity contribution in [3.63, 3.8) is 0 Å². The normalized spacial score (nSPS) is 18.7. The van der Waals surface area contributed by atoms with Crippen LogP contribution in [0.25, 0.3) is 0 Å². The number of phenols is 1. The van der Waals surface area contributed by atoms with Crippen LogP contribution in [-0.2, 0) is 0 Å². The van der Waals surface area contributed by atoms with Crippen molar-refractivity contribution in [2.45, 2.75) is 45.1 Å². The molecule has 2 rings (SSSR count). The van der Waals surface area contributed by atoms with Crippen LogP contribution in [0, 0.1) is 11.7 Å². The number of benzene rings is 1. The first-order valence-electron chi connectivity index (χ1n) is 7.26. The van der Waals surface area contributed by atoms with Gasteiger partial charge in [-0.25, -0.2) is 4.39 Å². The van der Waals surface area contributed by atoms with Crippen LogP contribution in [0.4, 0.5) is 4.39 Å². The first-order chi connectivity index (χ1) is 9.08. The molecule has 1 saturated carbocycles. The zero-order valence-corrected chi connectivity index (χ0v) is 11.9. The minimum Gasteiger partial charge on any atom is -0.508 e. The Kier molecular flexibility index (Phi) is 4.81. The van der Waals surface area contributed by atoms with Crippen molar-refractivity contribution >= 4 is 0 Å². The first-order valence-corrected chi connectivity index (χ1v) is 7.26. The second kappa shape index (κ2) is 6.38. The molecular formula is C16H24FNO. The van der Waals surface area contributed by atoms with Crippen molar-refractivity contribution in [1.29, 1.82) is 0 Å². The standard InChI is InChI=1S/C16H24FNO/c1-12(15-9-8-14(17)10-16(15)19)18(2)11-13-6-4-3-5-7-13/h8-10,12-13,19H,3-7,11H2,1-2H3. The van der Waals surface area contributed by atoms with Gasteiger partial charge in [0, 0.05) is 24.2 Å². The van der Waals surface area contributed by atoms with Gasteiger partial charge < -0.3 is 5.11 Å². The Hall–Kier alpha value is -1.09. The number of nitrogens with zero attached hydrogens (tertiary/aromatic N) is 1. The van der Waals surface area contributed by atoms with E-state index in [0.29, 0.717) is 0 Å². The molecule has 1 aliphatic rings. The minimum atomic E-state index is -0.386. The average Bonchev–Trinajstić information content (AvgIpc) is 2.39. The fourth-order valence-corrected chi connectivity index (χ4v) is 3.04. The number of rotatable bonds is 4. The molecule has 3 heteroatoms. The van der Waals surface area contributed by atoms with E-state index in [9.17, 15) is 9.50 Å². The predicted molar refractivity (Wildman–Crippen MR) is 75.7 cm³/mol. The van der Waals surface area contributed by atoms with E-state index in [1.807, 2.05) is 0 Å². The Morgan fingerprint density at radius 2 is 2.00 bits per heavy atom. The van der Waals surface area contributed by atoms with Crippen LogP contribution in [0.1, 0.15) is 50.6 Å². The highest BCUT2D eigenvalue weighted by molar-refractivity contribution is 5.34. The zero-order valence-electron chi connectivity index (χ0n) is 11.9. The summed E-state index contributed by atoms with van der Waals surface area (Å²) in [5, 5.41) is 9.85. The summed E-state index contributed by atoms with van der Waals surface area (Å²) >= 11 is 0. The van der Waals surface area contributed by atoms with Gasteiger partial charge in [0.25, 0.3) is 0 Å². The molecule has 1 aromatic rings. The molecule has 0 aliphatic heterocycles. The summed E-state index contributed by atoms with van der Waals surface area (Å²) in [6.45, 7) is 3.12. The molecule has 1 aliphatic carbocycles. The first kappa shape index (κ1) is 14.3. The van der Waals surface area contributed by atoms with Gasteiger partial charge in [-0.05, 0) is 38.8 Å². The summed E-state index contributed by atoms with van der Waals surface area (Å²) < 4.78 is 13.0. The number of hydrogen-bond acceptors (Lipinski definition) is 2. The van der Waals surface area contributed by atoms with Crippen molar-refractivity contribution < 1.29 is 9.50 Å². The number of phenolic OH excluding ortho intramolecular Hbond substituents is 1. The highest BCUT2D eigenvalue weighted by Crippen LogP contribution is 2.31. The van der Waals surface area contributed by atoms with E-state index in [1.54, 1.807) is 6.07 Å². The molecule has 106 valence electrons. The average molecular weight is 265 g/mol. The van der Waals surface area contributed by atoms with Crippen LogP contribution in [-0.4, -0.2) is 23.6 Å². The zero-order chi connectivity index (χ0) is 13.8. The third-order valence-electron chi connectivity index (χ3n) is 4.37. The van der Waals surface area contributed by atoms with Crippen molar-refractivity contribution in [3.8, 4) is 5.75 Å². The van der Waals surface area contributed by atoms with E-state index < -0.39 is 0 Å². The SMILES string of the molecule is CC(c1ccc(F)cc1O)N(C)CC1CCCCC1. The van der Waals surface area contributed by atoms with Crippen LogP contribution in [0.2, 0.25) is 0 Å². The second-order valence-corrected chi connectivity index (χ2v) is 5.82. The lowest BCUT2D eigenvalue weighted by molar-refractivity contribution is 0.190. The van der Waals surface area contributed by atoms with Crippen molar-refractivity contribution in [2.24, 2.45) is 5.92 Å². The topological polar surface area (TPSA) is 23.5 Å². The summed E-state index contributed by atoms with van der Waals surface area (Å²) in [7, 11) is 2.09. The van der Waals surface area contributed by atoms with Crippen LogP contribution in [0.15, 0.2) is 18.2 Å². The van der Waals surface area contributed by atoms with Crippen LogP contribution >= 0.6 is 0 Å². The summed E-state index contributed by atoms with van der Waals surface area (Å²) in [6, 6.07) is 4.41. The molecule has 0 bridgehead atoms. The Labute approximate surface area is 115 Å². The van der Waals surface area contributed by atoms with Crippen LogP contribution < -0.4 is 0 Å². The second-order valence-electron chi connectivity index (χ2n) is 5.82. The lowest BCUT2D eigenvalue weighted by Gasteiger charge is -2.31. The number of hydrogen-bond donors (Lipinski definition) is 1. The van der Waals surface area contributed by atoms with Gasteiger partial charge >= 0.3 is 0 Å². The maximum absolute atomic E-state index is 13.0. The summed E-state index contributed by atoms with van der Waals surface area (Å²) in [5.74, 6) is 0.440. The highest BCUT2D eigenvalue weighted by atomic mass is 19.1. The third-order valence-corrected chi connectivity index (χ3v) is 4.37. The monoisotopic (exact) mass is 265 g/mol. The molecule has 19 heavy (non-hydrogen) atoms. The van der Waals surface area contributed by atoms with E-state index in [0.717, 1.165) is 18.0 Å². The molecule has 0 aromatic heterocycles. The van der Waals surface area contributed by atoms with Gasteiger partial charge in [-0.2, -0.15) is 0 Å². The Morgan fingerprint density at radius 1 is 1.32 bits per heavy atom. The predicted octanol–water partition coefficient (Wildman–Crippen LogP) is 4.10. The van der Waals surface area contributed by atoms with E-state index >= 15 is 0 Å². The molecule has 1 fully saturated rings. The molecule has 0 spiro atoms. The lowest BCUT2D eigenvalue weighted by Crippen LogP contribution is -2.29. The molecule has 1 aromatic carbocycles. The molecule has 1 unspecified atom stereocenters. The number of aromatic hydroxyl groups is 1. The summed E-state index contributed by atoms with van der Waals surface area (Å²) in [4.78, 5) is 2.27. The fraction of sp³-hybridized carbons (Fsp3) is 0.625. The van der Waals surface area contributed by atoms with Crippen LogP contribution in [0.5, 0.6) is 5.75 Å². The van der Waals surface area contributed by atoms with Crippen molar-refractivity contribution in [1.82, 2.24) is 4.90 Å². The quantitative estimate of drug-likeness (QED) is 0.885. The maximum atomic E-state index is 13.0. The molecule has 0 heterocycles. The molecule has 0 radical (unpaired) electrons. The fourth-order valence-electron chi connectivity index (χ4n) is 3.04. The third kappa shape index (κ3) is 3.69. The molecule has 1 N–H and O–H groups in total. The highest BCUT2D eigenvalue weighted by Gasteiger charge is 2.20. The summed E-state index contributed by atoms with van der Waals surface area (Å²) in [6.07, 6.45) is 6.68. The molecule has 2 nitrogen and oxygen atoms in total. The maximum Gasteiger partial charge on any atom is 0.126 e. The van der Waals surface area contributed by atoms with Gasteiger partial charge in [0.1, 0.15) is 11.6 Å². The van der Waals surface area contributed by atoms with Gasteiger partial charge in [-0.15, -0.1) is 0 Å². The molecular weight excluding hydrogens is 241 g/mol. The molecule has 0 saturated heterocycles. The molecule has 0 amide bonds. The molecule has 1 atom stereocenters. The van der Waals surface area contributed by atoms with E-state index in [1.165, 1.54) is 44.2 Å². The largest absolute Gasteiger partial charge is 0.508 e. The Balaban J connectivity index is 1.99. The van der Waals surface area contributed by atoms with Crippen molar-refractivity contribution in [3.05, 3.63) is 29.6 Å². The minimum absolute atomic E-state index is 0.0583. The van der Waals surface area contributed by atoms with Gasteiger partial charge in [-0.1, -0.05) is 25.3 Å². The van der Waals surface area contributed by atoms with Gasteiger partial charge in [0.2, 0.25) is 0 Å². The lowest BCUT2D eigenvalue weighted by atomic mass is 9.88.